The van der Waals surface area contributed by atoms with Crippen LogP contribution in [0, 0.1) is 0 Å². The Morgan fingerprint density at radius 3 is 2.39 bits per heavy atom. The second-order valence-corrected chi connectivity index (χ2v) is 7.45. The van der Waals surface area contributed by atoms with Crippen LogP contribution in [0.5, 0.6) is 0 Å². The van der Waals surface area contributed by atoms with Gasteiger partial charge in [-0.3, -0.25) is 14.6 Å². The third-order valence-corrected chi connectivity index (χ3v) is 5.28. The van der Waals surface area contributed by atoms with Crippen LogP contribution >= 0.6 is 11.6 Å². The predicted octanol–water partition coefficient (Wildman–Crippen LogP) is 4.60. The van der Waals surface area contributed by atoms with Gasteiger partial charge >= 0.3 is 0 Å². The number of benzene rings is 3. The van der Waals surface area contributed by atoms with Crippen LogP contribution in [0.4, 0.5) is 0 Å². The fraction of sp³-hybridized carbons (Fsp3) is 0.0800. The standard InChI is InChI=1S/C25H20ClN3O2/c26-22-7-3-1-6-20(22)14-28-24(30)16-29-25(31)18-11-9-17(10-12-18)21-13-19-5-2-4-8-23(19)27-15-21/h1-13,15H,14,16H2,(H,28,30)(H,29,31). The smallest absolute Gasteiger partial charge is 0.251 e. The van der Waals surface area contributed by atoms with Gasteiger partial charge in [0, 0.05) is 34.3 Å². The van der Waals surface area contributed by atoms with Crippen LogP contribution in [0.15, 0.2) is 85.1 Å². The number of aromatic nitrogens is 1. The summed E-state index contributed by atoms with van der Waals surface area (Å²) in [6, 6.07) is 24.5. The minimum atomic E-state index is -0.309. The number of fused-ring (bicyclic) bond motifs is 1. The Morgan fingerprint density at radius 2 is 1.58 bits per heavy atom. The first kappa shape index (κ1) is 20.6. The Labute approximate surface area is 185 Å². The number of nitrogens with zero attached hydrogens (tertiary/aromatic N) is 1. The molecule has 1 heterocycles. The number of hydrogen-bond acceptors (Lipinski definition) is 3. The number of pyridine rings is 1. The Kier molecular flexibility index (Phi) is 6.24. The first-order valence-electron chi connectivity index (χ1n) is 9.84. The number of rotatable bonds is 6. The monoisotopic (exact) mass is 429 g/mol. The molecule has 0 aliphatic rings. The fourth-order valence-corrected chi connectivity index (χ4v) is 3.41. The van der Waals surface area contributed by atoms with Crippen molar-refractivity contribution in [3.63, 3.8) is 0 Å². The van der Waals surface area contributed by atoms with E-state index in [-0.39, 0.29) is 18.4 Å². The lowest BCUT2D eigenvalue weighted by atomic mass is 10.0. The van der Waals surface area contributed by atoms with Crippen molar-refractivity contribution in [1.82, 2.24) is 15.6 Å². The SMILES string of the molecule is O=C(CNC(=O)c1ccc(-c2cnc3ccccc3c2)cc1)NCc1ccccc1Cl. The normalized spacial score (nSPS) is 10.6. The summed E-state index contributed by atoms with van der Waals surface area (Å²) in [5.74, 6) is -0.594. The van der Waals surface area contributed by atoms with Crippen molar-refractivity contribution in [3.8, 4) is 11.1 Å². The molecule has 0 bridgehead atoms. The van der Waals surface area contributed by atoms with Crippen LogP contribution in [0.1, 0.15) is 15.9 Å². The average Bonchev–Trinajstić information content (AvgIpc) is 2.82. The molecule has 154 valence electrons. The summed E-state index contributed by atoms with van der Waals surface area (Å²) in [4.78, 5) is 28.9. The highest BCUT2D eigenvalue weighted by Gasteiger charge is 2.09. The summed E-state index contributed by atoms with van der Waals surface area (Å²) in [7, 11) is 0. The van der Waals surface area contributed by atoms with E-state index < -0.39 is 0 Å². The lowest BCUT2D eigenvalue weighted by Crippen LogP contribution is -2.36. The van der Waals surface area contributed by atoms with Gasteiger partial charge in [-0.25, -0.2) is 0 Å². The molecule has 2 N–H and O–H groups in total. The zero-order valence-electron chi connectivity index (χ0n) is 16.6. The maximum atomic E-state index is 12.4. The Hall–Kier alpha value is -3.70. The van der Waals surface area contributed by atoms with Crippen LogP contribution in [-0.4, -0.2) is 23.3 Å². The van der Waals surface area contributed by atoms with Crippen LogP contribution < -0.4 is 10.6 Å². The van der Waals surface area contributed by atoms with E-state index in [1.54, 1.807) is 18.2 Å². The molecule has 0 aliphatic heterocycles. The van der Waals surface area contributed by atoms with Gasteiger partial charge in [-0.15, -0.1) is 0 Å². The molecule has 0 atom stereocenters. The molecule has 3 aromatic carbocycles. The van der Waals surface area contributed by atoms with E-state index in [0.717, 1.165) is 27.6 Å². The summed E-state index contributed by atoms with van der Waals surface area (Å²) in [6.45, 7) is 0.197. The highest BCUT2D eigenvalue weighted by molar-refractivity contribution is 6.31. The van der Waals surface area contributed by atoms with Gasteiger partial charge in [0.25, 0.3) is 5.91 Å². The number of para-hydroxylation sites is 1. The summed E-state index contributed by atoms with van der Waals surface area (Å²) in [5, 5.41) is 7.03. The number of halogens is 1. The highest BCUT2D eigenvalue weighted by Crippen LogP contribution is 2.23. The quantitative estimate of drug-likeness (QED) is 0.470. The van der Waals surface area contributed by atoms with Crippen molar-refractivity contribution in [3.05, 3.63) is 101 Å². The molecular formula is C25H20ClN3O2. The van der Waals surface area contributed by atoms with Crippen molar-refractivity contribution in [1.29, 1.82) is 0 Å². The second kappa shape index (κ2) is 9.41. The van der Waals surface area contributed by atoms with Gasteiger partial charge in [0.1, 0.15) is 0 Å². The Morgan fingerprint density at radius 1 is 0.839 bits per heavy atom. The average molecular weight is 430 g/mol. The van der Waals surface area contributed by atoms with Crippen LogP contribution in [0.3, 0.4) is 0 Å². The van der Waals surface area contributed by atoms with E-state index in [9.17, 15) is 9.59 Å². The van der Waals surface area contributed by atoms with E-state index >= 15 is 0 Å². The molecule has 0 fully saturated rings. The minimum absolute atomic E-state index is 0.111. The summed E-state index contributed by atoms with van der Waals surface area (Å²) in [6.07, 6.45) is 1.82. The third kappa shape index (κ3) is 5.08. The first-order chi connectivity index (χ1) is 15.1. The zero-order chi connectivity index (χ0) is 21.6. The largest absolute Gasteiger partial charge is 0.350 e. The molecule has 0 radical (unpaired) electrons. The zero-order valence-corrected chi connectivity index (χ0v) is 17.4. The highest BCUT2D eigenvalue weighted by atomic mass is 35.5. The van der Waals surface area contributed by atoms with Crippen LogP contribution in [0.2, 0.25) is 5.02 Å². The lowest BCUT2D eigenvalue weighted by molar-refractivity contribution is -0.120. The van der Waals surface area contributed by atoms with Crippen molar-refractivity contribution in [2.45, 2.75) is 6.54 Å². The maximum Gasteiger partial charge on any atom is 0.251 e. The van der Waals surface area contributed by atoms with Gasteiger partial charge in [-0.2, -0.15) is 0 Å². The molecule has 4 rings (SSSR count). The molecule has 31 heavy (non-hydrogen) atoms. The molecule has 4 aromatic rings. The van der Waals surface area contributed by atoms with Gasteiger partial charge in [-0.05, 0) is 41.5 Å². The number of carbonyl (C=O) groups is 2. The fourth-order valence-electron chi connectivity index (χ4n) is 3.20. The summed E-state index contributed by atoms with van der Waals surface area (Å²) < 4.78 is 0. The molecule has 0 saturated carbocycles. The molecular weight excluding hydrogens is 410 g/mol. The number of nitrogens with one attached hydrogen (secondary N) is 2. The van der Waals surface area contributed by atoms with Gasteiger partial charge in [-0.1, -0.05) is 60.1 Å². The molecule has 5 nitrogen and oxygen atoms in total. The number of hydrogen-bond donors (Lipinski definition) is 2. The Balaban J connectivity index is 1.33. The van der Waals surface area contributed by atoms with E-state index in [0.29, 0.717) is 17.1 Å². The number of carbonyl (C=O) groups excluding carboxylic acids is 2. The molecule has 0 unspecified atom stereocenters. The molecule has 6 heteroatoms. The van der Waals surface area contributed by atoms with Crippen molar-refractivity contribution in [2.75, 3.05) is 6.54 Å². The topological polar surface area (TPSA) is 71.1 Å². The van der Waals surface area contributed by atoms with Gasteiger partial charge < -0.3 is 10.6 Å². The van der Waals surface area contributed by atoms with E-state index in [1.165, 1.54) is 0 Å². The molecule has 1 aromatic heterocycles. The Bertz CT molecular complexity index is 1240. The number of amides is 2. The molecule has 0 spiro atoms. The van der Waals surface area contributed by atoms with Crippen LogP contribution in [0.25, 0.3) is 22.0 Å². The molecule has 0 saturated heterocycles. The third-order valence-electron chi connectivity index (χ3n) is 4.91. The van der Waals surface area contributed by atoms with E-state index in [4.69, 9.17) is 11.6 Å². The molecule has 0 aliphatic carbocycles. The van der Waals surface area contributed by atoms with Crippen molar-refractivity contribution >= 4 is 34.3 Å². The van der Waals surface area contributed by atoms with Gasteiger partial charge in [0.15, 0.2) is 0 Å². The molecule has 2 amide bonds. The van der Waals surface area contributed by atoms with Gasteiger partial charge in [0.2, 0.25) is 5.91 Å². The van der Waals surface area contributed by atoms with E-state index in [2.05, 4.69) is 21.7 Å². The van der Waals surface area contributed by atoms with Crippen LogP contribution in [-0.2, 0) is 11.3 Å². The van der Waals surface area contributed by atoms with Crippen molar-refractivity contribution < 1.29 is 9.59 Å². The predicted molar refractivity (Wildman–Crippen MR) is 123 cm³/mol. The minimum Gasteiger partial charge on any atom is -0.350 e. The lowest BCUT2D eigenvalue weighted by Gasteiger charge is -2.09. The van der Waals surface area contributed by atoms with Gasteiger partial charge in [0.05, 0.1) is 12.1 Å². The summed E-state index contributed by atoms with van der Waals surface area (Å²) in [5.41, 5.74) is 4.19. The maximum absolute atomic E-state index is 12.4. The van der Waals surface area contributed by atoms with E-state index in [1.807, 2.05) is 60.8 Å². The first-order valence-corrected chi connectivity index (χ1v) is 10.2. The summed E-state index contributed by atoms with van der Waals surface area (Å²) >= 11 is 6.08. The second-order valence-electron chi connectivity index (χ2n) is 7.04. The van der Waals surface area contributed by atoms with Crippen molar-refractivity contribution in [2.24, 2.45) is 0 Å².